The lowest BCUT2D eigenvalue weighted by molar-refractivity contribution is 0.560. The van der Waals surface area contributed by atoms with Crippen molar-refractivity contribution < 1.29 is 4.39 Å². The first kappa shape index (κ1) is 14.0. The number of halogens is 1. The molecule has 2 nitrogen and oxygen atoms in total. The van der Waals surface area contributed by atoms with Crippen LogP contribution >= 0.6 is 0 Å². The molecule has 1 atom stereocenters. The van der Waals surface area contributed by atoms with Crippen molar-refractivity contribution in [2.75, 3.05) is 25.5 Å². The van der Waals surface area contributed by atoms with Crippen LogP contribution in [0.4, 0.5) is 10.1 Å². The predicted octanol–water partition coefficient (Wildman–Crippen LogP) is 3.34. The Hall–Kier alpha value is -1.09. The smallest absolute Gasteiger partial charge is 0.130 e. The summed E-state index contributed by atoms with van der Waals surface area (Å²) in [5.74, 6) is -0.132. The van der Waals surface area contributed by atoms with Gasteiger partial charge in [-0.3, -0.25) is 0 Å². The second-order valence-electron chi connectivity index (χ2n) is 4.46. The number of rotatable bonds is 6. The zero-order valence-corrected chi connectivity index (χ0v) is 11.3. The summed E-state index contributed by atoms with van der Waals surface area (Å²) in [5.41, 5.74) is 1.74. The van der Waals surface area contributed by atoms with Gasteiger partial charge in [0.2, 0.25) is 0 Å². The van der Waals surface area contributed by atoms with Crippen LogP contribution in [-0.2, 0) is 0 Å². The van der Waals surface area contributed by atoms with Crippen molar-refractivity contribution >= 4 is 5.69 Å². The van der Waals surface area contributed by atoms with Crippen LogP contribution in [0, 0.1) is 5.82 Å². The van der Waals surface area contributed by atoms with Crippen LogP contribution in [0.15, 0.2) is 18.2 Å². The molecule has 0 fully saturated rings. The maximum Gasteiger partial charge on any atom is 0.130 e. The summed E-state index contributed by atoms with van der Waals surface area (Å²) >= 11 is 0. The number of unbranched alkanes of at least 4 members (excludes halogenated alkanes) is 1. The van der Waals surface area contributed by atoms with Crippen molar-refractivity contribution in [2.45, 2.75) is 32.7 Å². The highest BCUT2D eigenvalue weighted by molar-refractivity contribution is 5.55. The van der Waals surface area contributed by atoms with Gasteiger partial charge in [0.25, 0.3) is 0 Å². The molecule has 17 heavy (non-hydrogen) atoms. The van der Waals surface area contributed by atoms with E-state index in [0.717, 1.165) is 30.6 Å². The van der Waals surface area contributed by atoms with Gasteiger partial charge in [-0.15, -0.1) is 0 Å². The molecule has 0 aromatic heterocycles. The molecular weight excluding hydrogens is 215 g/mol. The summed E-state index contributed by atoms with van der Waals surface area (Å²) < 4.78 is 13.9. The Bertz CT molecular complexity index is 352. The van der Waals surface area contributed by atoms with Crippen LogP contribution in [0.2, 0.25) is 0 Å². The lowest BCUT2D eigenvalue weighted by Gasteiger charge is -2.25. The molecule has 0 saturated heterocycles. The van der Waals surface area contributed by atoms with Crippen LogP contribution in [0.5, 0.6) is 0 Å². The number of benzene rings is 1. The van der Waals surface area contributed by atoms with Crippen LogP contribution in [0.25, 0.3) is 0 Å². The third-order valence-corrected chi connectivity index (χ3v) is 3.15. The highest BCUT2D eigenvalue weighted by atomic mass is 19.1. The number of nitrogens with zero attached hydrogens (tertiary/aromatic N) is 1. The summed E-state index contributed by atoms with van der Waals surface area (Å²) in [4.78, 5) is 2.13. The summed E-state index contributed by atoms with van der Waals surface area (Å²) in [6.07, 6.45) is 2.27. The summed E-state index contributed by atoms with van der Waals surface area (Å²) in [6, 6.07) is 5.32. The van der Waals surface area contributed by atoms with E-state index < -0.39 is 0 Å². The first-order chi connectivity index (χ1) is 8.11. The molecule has 0 bridgehead atoms. The van der Waals surface area contributed by atoms with E-state index in [2.05, 4.69) is 17.1 Å². The molecule has 1 aromatic carbocycles. The van der Waals surface area contributed by atoms with Crippen LogP contribution in [0.3, 0.4) is 0 Å². The quantitative estimate of drug-likeness (QED) is 0.817. The van der Waals surface area contributed by atoms with Crippen molar-refractivity contribution in [3.63, 3.8) is 0 Å². The Kier molecular flexibility index (Phi) is 5.42. The molecule has 0 aliphatic heterocycles. The molecule has 1 aromatic rings. The SMILES string of the molecule is CCCCN(C)c1cccc(F)c1C(C)NC. The average molecular weight is 238 g/mol. The Morgan fingerprint density at radius 2 is 2.12 bits per heavy atom. The van der Waals surface area contributed by atoms with E-state index >= 15 is 0 Å². The molecule has 1 rings (SSSR count). The van der Waals surface area contributed by atoms with Gasteiger partial charge in [-0.2, -0.15) is 0 Å². The normalized spacial score (nSPS) is 12.5. The fourth-order valence-corrected chi connectivity index (χ4v) is 1.95. The highest BCUT2D eigenvalue weighted by Gasteiger charge is 2.16. The highest BCUT2D eigenvalue weighted by Crippen LogP contribution is 2.28. The minimum Gasteiger partial charge on any atom is -0.374 e. The van der Waals surface area contributed by atoms with E-state index in [9.17, 15) is 4.39 Å². The zero-order valence-electron chi connectivity index (χ0n) is 11.3. The van der Waals surface area contributed by atoms with Crippen molar-refractivity contribution in [1.29, 1.82) is 0 Å². The van der Waals surface area contributed by atoms with Gasteiger partial charge in [0, 0.05) is 30.9 Å². The number of hydrogen-bond donors (Lipinski definition) is 1. The lowest BCUT2D eigenvalue weighted by atomic mass is 10.0. The van der Waals surface area contributed by atoms with E-state index in [1.807, 2.05) is 27.1 Å². The number of nitrogens with one attached hydrogen (secondary N) is 1. The van der Waals surface area contributed by atoms with Crippen LogP contribution in [-0.4, -0.2) is 20.6 Å². The van der Waals surface area contributed by atoms with E-state index in [1.165, 1.54) is 6.07 Å². The van der Waals surface area contributed by atoms with Gasteiger partial charge in [0.15, 0.2) is 0 Å². The fraction of sp³-hybridized carbons (Fsp3) is 0.571. The maximum atomic E-state index is 13.9. The fourth-order valence-electron chi connectivity index (χ4n) is 1.95. The van der Waals surface area contributed by atoms with Gasteiger partial charge < -0.3 is 10.2 Å². The van der Waals surface area contributed by atoms with Crippen LogP contribution < -0.4 is 10.2 Å². The summed E-state index contributed by atoms with van der Waals surface area (Å²) in [6.45, 7) is 5.11. The lowest BCUT2D eigenvalue weighted by Crippen LogP contribution is -2.23. The largest absolute Gasteiger partial charge is 0.374 e. The topological polar surface area (TPSA) is 15.3 Å². The molecule has 0 aliphatic carbocycles. The van der Waals surface area contributed by atoms with Gasteiger partial charge in [-0.25, -0.2) is 4.39 Å². The van der Waals surface area contributed by atoms with Gasteiger partial charge in [-0.1, -0.05) is 19.4 Å². The van der Waals surface area contributed by atoms with E-state index in [0.29, 0.717) is 0 Å². The second kappa shape index (κ2) is 6.60. The molecule has 0 saturated carbocycles. The van der Waals surface area contributed by atoms with Crippen molar-refractivity contribution in [1.82, 2.24) is 5.32 Å². The molecule has 0 spiro atoms. The van der Waals surface area contributed by atoms with E-state index in [-0.39, 0.29) is 11.9 Å². The van der Waals surface area contributed by atoms with Gasteiger partial charge in [-0.05, 0) is 32.5 Å². The van der Waals surface area contributed by atoms with E-state index in [4.69, 9.17) is 0 Å². The molecule has 1 unspecified atom stereocenters. The molecule has 0 heterocycles. The predicted molar refractivity (Wildman–Crippen MR) is 72.1 cm³/mol. The zero-order chi connectivity index (χ0) is 12.8. The molecule has 3 heteroatoms. The Morgan fingerprint density at radius 1 is 1.41 bits per heavy atom. The monoisotopic (exact) mass is 238 g/mol. The average Bonchev–Trinajstić information content (AvgIpc) is 2.34. The van der Waals surface area contributed by atoms with Gasteiger partial charge >= 0.3 is 0 Å². The molecule has 1 N–H and O–H groups in total. The maximum absolute atomic E-state index is 13.9. The standard InChI is InChI=1S/C14H23FN2/c1-5-6-10-17(4)13-9-7-8-12(15)14(13)11(2)16-3/h7-9,11,16H,5-6,10H2,1-4H3. The first-order valence-corrected chi connectivity index (χ1v) is 6.28. The summed E-state index contributed by atoms with van der Waals surface area (Å²) in [5, 5.41) is 3.11. The van der Waals surface area contributed by atoms with Crippen molar-refractivity contribution in [2.24, 2.45) is 0 Å². The number of anilines is 1. The summed E-state index contributed by atoms with van der Waals surface area (Å²) in [7, 11) is 3.88. The van der Waals surface area contributed by atoms with Gasteiger partial charge in [0.05, 0.1) is 0 Å². The van der Waals surface area contributed by atoms with Gasteiger partial charge in [0.1, 0.15) is 5.82 Å². The molecule has 0 radical (unpaired) electrons. The molecule has 0 amide bonds. The van der Waals surface area contributed by atoms with Crippen molar-refractivity contribution in [3.05, 3.63) is 29.6 Å². The minimum absolute atomic E-state index is 0.0234. The first-order valence-electron chi connectivity index (χ1n) is 6.28. The third kappa shape index (κ3) is 3.43. The second-order valence-corrected chi connectivity index (χ2v) is 4.46. The molecular formula is C14H23FN2. The van der Waals surface area contributed by atoms with E-state index in [1.54, 1.807) is 6.07 Å². The van der Waals surface area contributed by atoms with Crippen LogP contribution in [0.1, 0.15) is 38.3 Å². The Balaban J connectivity index is 3.01. The third-order valence-electron chi connectivity index (χ3n) is 3.15. The Morgan fingerprint density at radius 3 is 2.71 bits per heavy atom. The van der Waals surface area contributed by atoms with Crippen molar-refractivity contribution in [3.8, 4) is 0 Å². The minimum atomic E-state index is -0.132. The molecule has 0 aliphatic rings. The molecule has 96 valence electrons. The Labute approximate surface area is 104 Å². The number of hydrogen-bond acceptors (Lipinski definition) is 2.